The van der Waals surface area contributed by atoms with E-state index in [0.29, 0.717) is 0 Å². The molecule has 5 nitrogen and oxygen atoms in total. The third kappa shape index (κ3) is 4.19. The first kappa shape index (κ1) is 24.1. The lowest BCUT2D eigenvalue weighted by Crippen LogP contribution is -2.53. The Morgan fingerprint density at radius 2 is 1.40 bits per heavy atom. The van der Waals surface area contributed by atoms with Crippen molar-refractivity contribution in [2.24, 2.45) is 0 Å². The molecule has 0 saturated heterocycles. The molecule has 6 heteroatoms. The number of aromatic amines is 1. The van der Waals surface area contributed by atoms with Gasteiger partial charge in [0.25, 0.3) is 0 Å². The highest BCUT2D eigenvalue weighted by Gasteiger charge is 2.29. The Kier molecular flexibility index (Phi) is 6.02. The van der Waals surface area contributed by atoms with Crippen LogP contribution in [0.15, 0.2) is 128 Å². The minimum absolute atomic E-state index is 0.946. The average molecular weight is 536 g/mol. The van der Waals surface area contributed by atoms with Crippen molar-refractivity contribution in [3.63, 3.8) is 0 Å². The van der Waals surface area contributed by atoms with Crippen LogP contribution in [0.2, 0.25) is 0 Å². The number of fused-ring (bicyclic) bond motifs is 2. The van der Waals surface area contributed by atoms with E-state index in [9.17, 15) is 0 Å². The number of pyridine rings is 1. The van der Waals surface area contributed by atoms with Crippen LogP contribution in [0.1, 0.15) is 5.69 Å². The third-order valence-corrected chi connectivity index (χ3v) is 10.7. The summed E-state index contributed by atoms with van der Waals surface area (Å²) in [4.78, 5) is 9.51. The zero-order valence-corrected chi connectivity index (χ0v) is 23.6. The van der Waals surface area contributed by atoms with Gasteiger partial charge in [0, 0.05) is 35.5 Å². The van der Waals surface area contributed by atoms with E-state index in [0.717, 1.165) is 39.7 Å². The van der Waals surface area contributed by atoms with Gasteiger partial charge < -0.3 is 9.80 Å². The Bertz CT molecular complexity index is 1760. The smallest absolute Gasteiger partial charge is 0.155 e. The SMILES string of the molecule is Cc1cc(-c2ccc3c(c2)N(c2cccc([SiH](c4ccccc4)c4ccccn4)c2)c2ccccc2N3C)n[nH]1. The summed E-state index contributed by atoms with van der Waals surface area (Å²) in [5.74, 6) is 0. The first-order valence-corrected chi connectivity index (χ1v) is 15.3. The van der Waals surface area contributed by atoms with E-state index in [4.69, 9.17) is 4.98 Å². The summed E-state index contributed by atoms with van der Waals surface area (Å²) in [5, 5.41) is 11.5. The van der Waals surface area contributed by atoms with Gasteiger partial charge in [-0.15, -0.1) is 0 Å². The molecule has 7 rings (SSSR count). The molecule has 4 aromatic carbocycles. The maximum atomic E-state index is 4.83. The maximum Gasteiger partial charge on any atom is 0.155 e. The molecule has 1 N–H and O–H groups in total. The standard InChI is InChI=1S/C34H29N5Si/c1-24-21-29(37-36-24)25-18-19-31-33(22-25)39(32-16-7-6-15-30(32)38(31)2)26-11-10-14-28(23-26)40(27-12-4-3-5-13-27)34-17-8-9-20-35-34/h3-23,40H,1-2H3,(H,36,37). The van der Waals surface area contributed by atoms with Crippen molar-refractivity contribution in [1.82, 2.24) is 15.2 Å². The zero-order chi connectivity index (χ0) is 27.1. The fourth-order valence-electron chi connectivity index (χ4n) is 5.76. The second-order valence-corrected chi connectivity index (χ2v) is 13.0. The van der Waals surface area contributed by atoms with Gasteiger partial charge in [0.1, 0.15) is 0 Å². The van der Waals surface area contributed by atoms with Crippen LogP contribution in [-0.4, -0.2) is 31.0 Å². The van der Waals surface area contributed by atoms with Crippen molar-refractivity contribution in [2.45, 2.75) is 6.92 Å². The van der Waals surface area contributed by atoms with Gasteiger partial charge in [0.15, 0.2) is 8.80 Å². The summed E-state index contributed by atoms with van der Waals surface area (Å²) < 4.78 is 0. The molecule has 0 radical (unpaired) electrons. The van der Waals surface area contributed by atoms with Gasteiger partial charge in [-0.2, -0.15) is 5.10 Å². The Morgan fingerprint density at radius 1 is 0.650 bits per heavy atom. The molecular weight excluding hydrogens is 506 g/mol. The largest absolute Gasteiger partial charge is 0.341 e. The topological polar surface area (TPSA) is 48.1 Å². The van der Waals surface area contributed by atoms with E-state index >= 15 is 0 Å². The fourth-order valence-corrected chi connectivity index (χ4v) is 8.61. The molecule has 0 saturated carbocycles. The van der Waals surface area contributed by atoms with Crippen molar-refractivity contribution in [3.05, 3.63) is 133 Å². The van der Waals surface area contributed by atoms with E-state index in [2.05, 4.69) is 142 Å². The number of para-hydroxylation sites is 2. The molecule has 40 heavy (non-hydrogen) atoms. The fraction of sp³-hybridized carbons (Fsp3) is 0.0588. The lowest BCUT2D eigenvalue weighted by Gasteiger charge is -2.39. The lowest BCUT2D eigenvalue weighted by molar-refractivity contribution is 1.05. The molecule has 194 valence electrons. The second-order valence-electron chi connectivity index (χ2n) is 10.2. The van der Waals surface area contributed by atoms with Crippen LogP contribution in [0.25, 0.3) is 11.3 Å². The summed E-state index contributed by atoms with van der Waals surface area (Å²) in [5.41, 5.74) is 8.83. The van der Waals surface area contributed by atoms with Crippen LogP contribution >= 0.6 is 0 Å². The molecule has 1 aliphatic rings. The van der Waals surface area contributed by atoms with Crippen LogP contribution < -0.4 is 25.5 Å². The molecule has 3 heterocycles. The van der Waals surface area contributed by atoms with Crippen LogP contribution in [0.4, 0.5) is 28.4 Å². The van der Waals surface area contributed by atoms with Gasteiger partial charge in [-0.05, 0) is 66.7 Å². The molecular formula is C34H29N5Si. The summed E-state index contributed by atoms with van der Waals surface area (Å²) in [6.45, 7) is 2.03. The van der Waals surface area contributed by atoms with Gasteiger partial charge >= 0.3 is 0 Å². The third-order valence-electron chi connectivity index (χ3n) is 7.64. The molecule has 1 aliphatic heterocycles. The van der Waals surface area contributed by atoms with Gasteiger partial charge in [-0.25, -0.2) is 0 Å². The predicted octanol–water partition coefficient (Wildman–Crippen LogP) is 5.58. The van der Waals surface area contributed by atoms with Crippen molar-refractivity contribution in [1.29, 1.82) is 0 Å². The Labute approximate surface area is 236 Å². The van der Waals surface area contributed by atoms with Gasteiger partial charge in [-0.1, -0.05) is 71.9 Å². The first-order chi connectivity index (χ1) is 19.7. The molecule has 2 aromatic heterocycles. The van der Waals surface area contributed by atoms with Crippen molar-refractivity contribution in [2.75, 3.05) is 16.8 Å². The predicted molar refractivity (Wildman–Crippen MR) is 168 cm³/mol. The molecule has 0 spiro atoms. The number of hydrogen-bond donors (Lipinski definition) is 1. The van der Waals surface area contributed by atoms with Crippen LogP contribution in [0.5, 0.6) is 0 Å². The highest BCUT2D eigenvalue weighted by atomic mass is 28.3. The molecule has 0 fully saturated rings. The van der Waals surface area contributed by atoms with Crippen molar-refractivity contribution < 1.29 is 0 Å². The maximum absolute atomic E-state index is 4.83. The van der Waals surface area contributed by atoms with Gasteiger partial charge in [0.2, 0.25) is 0 Å². The number of H-pyrrole nitrogens is 1. The highest BCUT2D eigenvalue weighted by Crippen LogP contribution is 2.51. The number of nitrogens with zero attached hydrogens (tertiary/aromatic N) is 4. The molecule has 0 amide bonds. The zero-order valence-electron chi connectivity index (χ0n) is 22.5. The number of aromatic nitrogens is 3. The average Bonchev–Trinajstić information content (AvgIpc) is 3.45. The second kappa shape index (κ2) is 9.98. The van der Waals surface area contributed by atoms with Crippen LogP contribution in [0, 0.1) is 6.92 Å². The number of rotatable bonds is 5. The van der Waals surface area contributed by atoms with E-state index in [1.807, 2.05) is 19.2 Å². The first-order valence-electron chi connectivity index (χ1n) is 13.5. The molecule has 6 aromatic rings. The summed E-state index contributed by atoms with van der Waals surface area (Å²) in [7, 11) is 0.348. The van der Waals surface area contributed by atoms with E-state index in [-0.39, 0.29) is 0 Å². The van der Waals surface area contributed by atoms with E-state index in [1.54, 1.807) is 0 Å². The monoisotopic (exact) mass is 535 g/mol. The summed E-state index contributed by atoms with van der Waals surface area (Å²) in [6, 6.07) is 43.5. The Morgan fingerprint density at radius 3 is 2.17 bits per heavy atom. The Hall–Kier alpha value is -4.94. The highest BCUT2D eigenvalue weighted by molar-refractivity contribution is 6.95. The lowest BCUT2D eigenvalue weighted by atomic mass is 10.0. The van der Waals surface area contributed by atoms with Crippen LogP contribution in [-0.2, 0) is 0 Å². The van der Waals surface area contributed by atoms with Crippen molar-refractivity contribution in [3.8, 4) is 11.3 Å². The minimum Gasteiger partial charge on any atom is -0.341 e. The van der Waals surface area contributed by atoms with Crippen LogP contribution in [0.3, 0.4) is 0 Å². The minimum atomic E-state index is -1.79. The number of benzene rings is 4. The molecule has 0 bridgehead atoms. The summed E-state index contributed by atoms with van der Waals surface area (Å²) >= 11 is 0. The quantitative estimate of drug-likeness (QED) is 0.293. The number of aryl methyl sites for hydroxylation is 1. The molecule has 0 aliphatic carbocycles. The van der Waals surface area contributed by atoms with Crippen molar-refractivity contribution >= 4 is 52.9 Å². The number of hydrogen-bond acceptors (Lipinski definition) is 4. The normalized spacial score (nSPS) is 13.1. The van der Waals surface area contributed by atoms with E-state index < -0.39 is 8.80 Å². The van der Waals surface area contributed by atoms with Gasteiger partial charge in [-0.3, -0.25) is 10.1 Å². The Balaban J connectivity index is 1.41. The number of nitrogens with one attached hydrogen (secondary N) is 1. The van der Waals surface area contributed by atoms with E-state index in [1.165, 1.54) is 21.4 Å². The number of anilines is 5. The molecule has 1 atom stereocenters. The van der Waals surface area contributed by atoms with Gasteiger partial charge in [0.05, 0.1) is 28.4 Å². The summed E-state index contributed by atoms with van der Waals surface area (Å²) in [6.07, 6.45) is 1.91. The molecule has 1 unspecified atom stereocenters.